The molecule has 2 N–H and O–H groups in total. The average molecular weight is 667 g/mol. The van der Waals surface area contributed by atoms with Crippen molar-refractivity contribution in [1.82, 2.24) is 14.8 Å². The number of amides is 2. The maximum Gasteiger partial charge on any atom is 0.255 e. The maximum absolute atomic E-state index is 14.8. The van der Waals surface area contributed by atoms with Crippen LogP contribution < -0.4 is 24.8 Å². The molecule has 0 atom stereocenters. The van der Waals surface area contributed by atoms with Gasteiger partial charge in [0.05, 0.1) is 21.9 Å². The number of nitrogens with zero attached hydrogens (tertiary/aromatic N) is 3. The molecular weight excluding hydrogens is 636 g/mol. The van der Waals surface area contributed by atoms with Crippen molar-refractivity contribution < 1.29 is 28.2 Å². The molecule has 13 heteroatoms. The molecular formula is C33H30Cl2FN5O5. The Labute approximate surface area is 275 Å². The normalized spacial score (nSPS) is 14.2. The molecule has 1 fully saturated rings. The number of benzene rings is 3. The third-order valence-corrected chi connectivity index (χ3v) is 8.30. The molecule has 1 aromatic heterocycles. The van der Waals surface area contributed by atoms with Gasteiger partial charge in [0.2, 0.25) is 18.6 Å². The summed E-state index contributed by atoms with van der Waals surface area (Å²) in [6.07, 6.45) is 1.69. The van der Waals surface area contributed by atoms with Crippen LogP contribution in [0.2, 0.25) is 10.0 Å². The molecule has 4 aromatic rings. The highest BCUT2D eigenvalue weighted by Crippen LogP contribution is 2.33. The molecule has 1 saturated heterocycles. The Balaban J connectivity index is 0.923. The van der Waals surface area contributed by atoms with E-state index in [-0.39, 0.29) is 35.3 Å². The zero-order chi connectivity index (χ0) is 32.0. The predicted octanol–water partition coefficient (Wildman–Crippen LogP) is 6.45. The first-order valence-electron chi connectivity index (χ1n) is 14.6. The monoisotopic (exact) mass is 665 g/mol. The summed E-state index contributed by atoms with van der Waals surface area (Å²) in [6, 6.07) is 18.1. The van der Waals surface area contributed by atoms with Crippen LogP contribution in [0.15, 0.2) is 72.9 Å². The third-order valence-electron chi connectivity index (χ3n) is 7.56. The standard InChI is InChI=1S/C33H30Cl2FN5O5/c34-25-5-2-22(16-26(25)35)33(43)39-24-4-8-31(38-18-24)46-28-7-3-23(17-27(28)36)37-10-9-32(42)41-13-11-40(12-14-41)19-21-1-6-29-30(15-21)45-20-44-29/h1-8,15-18,37H,9-14,19-20H2,(H,39,43). The van der Waals surface area contributed by atoms with Crippen LogP contribution in [-0.2, 0) is 11.3 Å². The number of hydrogen-bond acceptors (Lipinski definition) is 8. The Bertz CT molecular complexity index is 1730. The zero-order valence-electron chi connectivity index (χ0n) is 24.6. The van der Waals surface area contributed by atoms with Crippen LogP contribution in [0.25, 0.3) is 0 Å². The van der Waals surface area contributed by atoms with E-state index < -0.39 is 5.82 Å². The van der Waals surface area contributed by atoms with E-state index in [1.807, 2.05) is 23.1 Å². The van der Waals surface area contributed by atoms with E-state index in [0.29, 0.717) is 48.0 Å². The number of rotatable bonds is 10. The van der Waals surface area contributed by atoms with E-state index in [1.54, 1.807) is 18.2 Å². The van der Waals surface area contributed by atoms with Gasteiger partial charge in [0, 0.05) is 69.1 Å². The van der Waals surface area contributed by atoms with Crippen molar-refractivity contribution in [2.75, 3.05) is 50.2 Å². The number of nitrogens with one attached hydrogen (secondary N) is 2. The van der Waals surface area contributed by atoms with Crippen molar-refractivity contribution >= 4 is 46.4 Å². The van der Waals surface area contributed by atoms with Crippen molar-refractivity contribution in [3.05, 3.63) is 99.9 Å². The number of hydrogen-bond donors (Lipinski definition) is 2. The van der Waals surface area contributed by atoms with Gasteiger partial charge in [-0.25, -0.2) is 9.37 Å². The van der Waals surface area contributed by atoms with Gasteiger partial charge in [-0.1, -0.05) is 29.3 Å². The molecule has 0 spiro atoms. The van der Waals surface area contributed by atoms with Crippen LogP contribution >= 0.6 is 23.2 Å². The first kappa shape index (κ1) is 31.4. The fourth-order valence-corrected chi connectivity index (χ4v) is 5.38. The molecule has 2 aliphatic heterocycles. The fraction of sp³-hybridized carbons (Fsp3) is 0.242. The van der Waals surface area contributed by atoms with Crippen LogP contribution in [0.5, 0.6) is 23.1 Å². The summed E-state index contributed by atoms with van der Waals surface area (Å²) in [4.78, 5) is 33.6. The van der Waals surface area contributed by atoms with E-state index in [1.165, 1.54) is 36.5 Å². The molecule has 3 heterocycles. The summed E-state index contributed by atoms with van der Waals surface area (Å²) in [5, 5.41) is 6.43. The second-order valence-electron chi connectivity index (χ2n) is 10.7. The van der Waals surface area contributed by atoms with Gasteiger partial charge in [0.25, 0.3) is 5.91 Å². The van der Waals surface area contributed by atoms with Crippen LogP contribution in [0, 0.1) is 5.82 Å². The Morgan fingerprint density at radius 3 is 2.46 bits per heavy atom. The highest BCUT2D eigenvalue weighted by Gasteiger charge is 2.22. The van der Waals surface area contributed by atoms with E-state index in [2.05, 4.69) is 20.5 Å². The van der Waals surface area contributed by atoms with Crippen LogP contribution in [-0.4, -0.2) is 66.1 Å². The van der Waals surface area contributed by atoms with E-state index >= 15 is 0 Å². The second-order valence-corrected chi connectivity index (χ2v) is 11.6. The lowest BCUT2D eigenvalue weighted by atomic mass is 10.1. The van der Waals surface area contributed by atoms with Crippen molar-refractivity contribution in [2.24, 2.45) is 0 Å². The van der Waals surface area contributed by atoms with Gasteiger partial charge in [0.15, 0.2) is 23.1 Å². The molecule has 3 aromatic carbocycles. The molecule has 0 bridgehead atoms. The smallest absolute Gasteiger partial charge is 0.255 e. The number of pyridine rings is 1. The number of piperazine rings is 1. The van der Waals surface area contributed by atoms with Gasteiger partial charge in [-0.3, -0.25) is 14.5 Å². The summed E-state index contributed by atoms with van der Waals surface area (Å²) < 4.78 is 31.2. The van der Waals surface area contributed by atoms with Gasteiger partial charge in [-0.15, -0.1) is 0 Å². The number of aromatic nitrogens is 1. The van der Waals surface area contributed by atoms with Crippen LogP contribution in [0.1, 0.15) is 22.3 Å². The molecule has 0 radical (unpaired) electrons. The summed E-state index contributed by atoms with van der Waals surface area (Å²) in [7, 11) is 0. The van der Waals surface area contributed by atoms with Gasteiger partial charge in [-0.2, -0.15) is 0 Å². The largest absolute Gasteiger partial charge is 0.454 e. The number of ether oxygens (including phenoxy) is 3. The lowest BCUT2D eigenvalue weighted by Gasteiger charge is -2.35. The molecule has 6 rings (SSSR count). The number of halogens is 3. The van der Waals surface area contributed by atoms with Gasteiger partial charge < -0.3 is 29.7 Å². The van der Waals surface area contributed by atoms with Gasteiger partial charge in [-0.05, 0) is 54.1 Å². The lowest BCUT2D eigenvalue weighted by Crippen LogP contribution is -2.48. The molecule has 2 amide bonds. The van der Waals surface area contributed by atoms with Crippen molar-refractivity contribution in [2.45, 2.75) is 13.0 Å². The molecule has 0 unspecified atom stereocenters. The summed E-state index contributed by atoms with van der Waals surface area (Å²) in [5.74, 6) is 0.753. The van der Waals surface area contributed by atoms with Gasteiger partial charge >= 0.3 is 0 Å². The first-order valence-corrected chi connectivity index (χ1v) is 15.4. The molecule has 0 saturated carbocycles. The van der Waals surface area contributed by atoms with Crippen LogP contribution in [0.3, 0.4) is 0 Å². The quantitative estimate of drug-likeness (QED) is 0.199. The minimum absolute atomic E-state index is 0.0136. The number of carbonyl (C=O) groups is 2. The van der Waals surface area contributed by atoms with Crippen molar-refractivity contribution in [3.8, 4) is 23.1 Å². The SMILES string of the molecule is O=C(Nc1ccc(Oc2ccc(NCCC(=O)N3CCN(Cc4ccc5c(c4)OCO5)CC3)cc2F)nc1)c1ccc(Cl)c(Cl)c1. The highest BCUT2D eigenvalue weighted by molar-refractivity contribution is 6.42. The fourth-order valence-electron chi connectivity index (χ4n) is 5.09. The molecule has 238 valence electrons. The Morgan fingerprint density at radius 1 is 0.891 bits per heavy atom. The molecule has 10 nitrogen and oxygen atoms in total. The number of fused-ring (bicyclic) bond motifs is 1. The van der Waals surface area contributed by atoms with E-state index in [0.717, 1.165) is 36.7 Å². The minimum atomic E-state index is -0.589. The lowest BCUT2D eigenvalue weighted by molar-refractivity contribution is -0.132. The Kier molecular flexibility index (Phi) is 9.72. The topological polar surface area (TPSA) is 105 Å². The maximum atomic E-state index is 14.8. The van der Waals surface area contributed by atoms with Crippen LogP contribution in [0.4, 0.5) is 15.8 Å². The van der Waals surface area contributed by atoms with Crippen molar-refractivity contribution in [3.63, 3.8) is 0 Å². The summed E-state index contributed by atoms with van der Waals surface area (Å²) >= 11 is 11.9. The number of anilines is 2. The molecule has 0 aliphatic carbocycles. The summed E-state index contributed by atoms with van der Waals surface area (Å²) in [6.45, 7) is 4.28. The minimum Gasteiger partial charge on any atom is -0.454 e. The van der Waals surface area contributed by atoms with Gasteiger partial charge in [0.1, 0.15) is 0 Å². The Hall–Kier alpha value is -4.58. The van der Waals surface area contributed by atoms with Crippen molar-refractivity contribution in [1.29, 1.82) is 0 Å². The second kappa shape index (κ2) is 14.2. The highest BCUT2D eigenvalue weighted by atomic mass is 35.5. The predicted molar refractivity (Wildman–Crippen MR) is 173 cm³/mol. The molecule has 46 heavy (non-hydrogen) atoms. The molecule has 2 aliphatic rings. The zero-order valence-corrected chi connectivity index (χ0v) is 26.1. The average Bonchev–Trinajstić information content (AvgIpc) is 3.53. The third kappa shape index (κ3) is 7.79. The first-order chi connectivity index (χ1) is 22.3. The Morgan fingerprint density at radius 2 is 1.70 bits per heavy atom. The summed E-state index contributed by atoms with van der Waals surface area (Å²) in [5.41, 5.74) is 2.43. The van der Waals surface area contributed by atoms with E-state index in [9.17, 15) is 14.0 Å². The number of carbonyl (C=O) groups excluding carboxylic acids is 2. The van der Waals surface area contributed by atoms with E-state index in [4.69, 9.17) is 37.4 Å².